The van der Waals surface area contributed by atoms with E-state index >= 15 is 0 Å². The van der Waals surface area contributed by atoms with E-state index < -0.39 is 0 Å². The van der Waals surface area contributed by atoms with Crippen LogP contribution in [0.3, 0.4) is 0 Å². The van der Waals surface area contributed by atoms with Crippen LogP contribution >= 0.6 is 0 Å². The third-order valence-corrected chi connectivity index (χ3v) is 3.27. The van der Waals surface area contributed by atoms with Gasteiger partial charge < -0.3 is 9.47 Å². The lowest BCUT2D eigenvalue weighted by Crippen LogP contribution is -2.01. The van der Waals surface area contributed by atoms with Crippen molar-refractivity contribution in [1.29, 1.82) is 0 Å². The molecule has 0 atom stereocenters. The Bertz CT molecular complexity index is 570. The van der Waals surface area contributed by atoms with Crippen LogP contribution in [0.5, 0.6) is 11.5 Å². The number of methoxy groups -OCH3 is 1. The molecule has 0 radical (unpaired) electrons. The van der Waals surface area contributed by atoms with Crippen LogP contribution in [0.1, 0.15) is 24.5 Å². The van der Waals surface area contributed by atoms with Gasteiger partial charge in [-0.15, -0.1) is 0 Å². The molecule has 0 bridgehead atoms. The molecule has 0 spiro atoms. The summed E-state index contributed by atoms with van der Waals surface area (Å²) in [5.41, 5.74) is 2.56. The number of carbonyl (C=O) groups excluding carboxylic acids is 1. The maximum absolute atomic E-state index is 10.8. The molecular weight excluding hydrogens is 264 g/mol. The van der Waals surface area contributed by atoms with Crippen molar-refractivity contribution in [3.8, 4) is 11.5 Å². The average Bonchev–Trinajstić information content (AvgIpc) is 2.49. The average molecular weight is 284 g/mol. The van der Waals surface area contributed by atoms with E-state index in [1.54, 1.807) is 7.11 Å². The third kappa shape index (κ3) is 4.95. The molecule has 2 aromatic rings. The molecular formula is C18H20O3. The summed E-state index contributed by atoms with van der Waals surface area (Å²) < 4.78 is 10.2. The topological polar surface area (TPSA) is 35.5 Å². The molecule has 0 aliphatic heterocycles. The smallest absolute Gasteiger partial charge is 0.308 e. The molecule has 21 heavy (non-hydrogen) atoms. The summed E-state index contributed by atoms with van der Waals surface area (Å²) in [5, 5.41) is 0. The van der Waals surface area contributed by atoms with Gasteiger partial charge in [0.2, 0.25) is 0 Å². The zero-order valence-corrected chi connectivity index (χ0v) is 12.5. The van der Waals surface area contributed by atoms with Crippen molar-refractivity contribution in [2.24, 2.45) is 0 Å². The molecule has 0 N–H and O–H groups in total. The SMILES string of the molecule is COc1ccc(CCCc2ccc(OC(C)=O)cc2)cc1. The number of benzene rings is 2. The van der Waals surface area contributed by atoms with Gasteiger partial charge in [0.1, 0.15) is 11.5 Å². The molecule has 0 heterocycles. The van der Waals surface area contributed by atoms with Crippen LogP contribution in [0.4, 0.5) is 0 Å². The predicted molar refractivity (Wildman–Crippen MR) is 82.8 cm³/mol. The lowest BCUT2D eigenvalue weighted by atomic mass is 10.0. The van der Waals surface area contributed by atoms with Gasteiger partial charge in [-0.25, -0.2) is 0 Å². The van der Waals surface area contributed by atoms with Gasteiger partial charge in [0.25, 0.3) is 0 Å². The summed E-state index contributed by atoms with van der Waals surface area (Å²) in [6.45, 7) is 1.41. The van der Waals surface area contributed by atoms with Crippen molar-refractivity contribution in [3.05, 3.63) is 59.7 Å². The molecule has 0 aromatic heterocycles. The van der Waals surface area contributed by atoms with Crippen LogP contribution in [0.25, 0.3) is 0 Å². The zero-order valence-electron chi connectivity index (χ0n) is 12.5. The summed E-state index contributed by atoms with van der Waals surface area (Å²) in [5.74, 6) is 1.20. The highest BCUT2D eigenvalue weighted by molar-refractivity contribution is 5.69. The molecule has 0 unspecified atom stereocenters. The molecule has 0 aliphatic carbocycles. The Morgan fingerprint density at radius 2 is 1.33 bits per heavy atom. The van der Waals surface area contributed by atoms with E-state index in [4.69, 9.17) is 9.47 Å². The Balaban J connectivity index is 1.81. The van der Waals surface area contributed by atoms with Gasteiger partial charge in [-0.05, 0) is 54.7 Å². The first-order chi connectivity index (χ1) is 10.2. The highest BCUT2D eigenvalue weighted by Crippen LogP contribution is 2.16. The molecule has 0 amide bonds. The van der Waals surface area contributed by atoms with Gasteiger partial charge in [0.05, 0.1) is 7.11 Å². The Kier molecular flexibility index (Phi) is 5.38. The monoisotopic (exact) mass is 284 g/mol. The second-order valence-electron chi connectivity index (χ2n) is 4.94. The molecule has 0 saturated carbocycles. The molecule has 0 saturated heterocycles. The van der Waals surface area contributed by atoms with Gasteiger partial charge in [-0.2, -0.15) is 0 Å². The zero-order chi connectivity index (χ0) is 15.1. The van der Waals surface area contributed by atoms with E-state index in [1.165, 1.54) is 18.1 Å². The molecule has 0 fully saturated rings. The van der Waals surface area contributed by atoms with Gasteiger partial charge >= 0.3 is 5.97 Å². The van der Waals surface area contributed by atoms with E-state index in [0.717, 1.165) is 25.0 Å². The maximum Gasteiger partial charge on any atom is 0.308 e. The second kappa shape index (κ2) is 7.48. The summed E-state index contributed by atoms with van der Waals surface area (Å²) in [7, 11) is 1.68. The van der Waals surface area contributed by atoms with Crippen LogP contribution in [0.15, 0.2) is 48.5 Å². The van der Waals surface area contributed by atoms with Crippen LogP contribution in [0.2, 0.25) is 0 Å². The van der Waals surface area contributed by atoms with Crippen molar-refractivity contribution < 1.29 is 14.3 Å². The fraction of sp³-hybridized carbons (Fsp3) is 0.278. The summed E-state index contributed by atoms with van der Waals surface area (Å²) in [4.78, 5) is 10.8. The van der Waals surface area contributed by atoms with E-state index in [-0.39, 0.29) is 5.97 Å². The minimum atomic E-state index is -0.290. The summed E-state index contributed by atoms with van der Waals surface area (Å²) >= 11 is 0. The summed E-state index contributed by atoms with van der Waals surface area (Å²) in [6.07, 6.45) is 3.13. The minimum Gasteiger partial charge on any atom is -0.497 e. The fourth-order valence-corrected chi connectivity index (χ4v) is 2.18. The van der Waals surface area contributed by atoms with Crippen LogP contribution in [0, 0.1) is 0 Å². The number of aryl methyl sites for hydroxylation is 2. The lowest BCUT2D eigenvalue weighted by Gasteiger charge is -2.05. The highest BCUT2D eigenvalue weighted by Gasteiger charge is 2.00. The molecule has 0 aliphatic rings. The standard InChI is InChI=1S/C18H20O3/c1-14(19)21-18-12-8-16(9-13-18)5-3-4-15-6-10-17(20-2)11-7-15/h6-13H,3-5H2,1-2H3. The van der Waals surface area contributed by atoms with Gasteiger partial charge in [-0.1, -0.05) is 24.3 Å². The van der Waals surface area contributed by atoms with Crippen LogP contribution in [-0.2, 0) is 17.6 Å². The van der Waals surface area contributed by atoms with Crippen LogP contribution < -0.4 is 9.47 Å². The quantitative estimate of drug-likeness (QED) is 0.598. The molecule has 2 aromatic carbocycles. The Labute approximate surface area is 125 Å². The van der Waals surface area contributed by atoms with E-state index in [1.807, 2.05) is 36.4 Å². The fourth-order valence-electron chi connectivity index (χ4n) is 2.18. The van der Waals surface area contributed by atoms with E-state index in [9.17, 15) is 4.79 Å². The summed E-state index contributed by atoms with van der Waals surface area (Å²) in [6, 6.07) is 15.9. The van der Waals surface area contributed by atoms with Crippen molar-refractivity contribution in [1.82, 2.24) is 0 Å². The molecule has 2 rings (SSSR count). The predicted octanol–water partition coefficient (Wildman–Crippen LogP) is 3.80. The Morgan fingerprint density at radius 3 is 1.76 bits per heavy atom. The van der Waals surface area contributed by atoms with Crippen molar-refractivity contribution in [3.63, 3.8) is 0 Å². The van der Waals surface area contributed by atoms with Crippen molar-refractivity contribution >= 4 is 5.97 Å². The van der Waals surface area contributed by atoms with Gasteiger partial charge in [-0.3, -0.25) is 4.79 Å². The van der Waals surface area contributed by atoms with Gasteiger partial charge in [0.15, 0.2) is 0 Å². The van der Waals surface area contributed by atoms with Gasteiger partial charge in [0, 0.05) is 6.92 Å². The van der Waals surface area contributed by atoms with Crippen LogP contribution in [-0.4, -0.2) is 13.1 Å². The molecule has 3 heteroatoms. The number of rotatable bonds is 6. The maximum atomic E-state index is 10.8. The third-order valence-electron chi connectivity index (χ3n) is 3.27. The number of esters is 1. The van der Waals surface area contributed by atoms with Crippen molar-refractivity contribution in [2.75, 3.05) is 7.11 Å². The Morgan fingerprint density at radius 1 is 0.857 bits per heavy atom. The first-order valence-electron chi connectivity index (χ1n) is 7.07. The highest BCUT2D eigenvalue weighted by atomic mass is 16.5. The number of hydrogen-bond donors (Lipinski definition) is 0. The number of hydrogen-bond acceptors (Lipinski definition) is 3. The minimum absolute atomic E-state index is 0.290. The number of ether oxygens (including phenoxy) is 2. The Hall–Kier alpha value is -2.29. The second-order valence-corrected chi connectivity index (χ2v) is 4.94. The van der Waals surface area contributed by atoms with Crippen molar-refractivity contribution in [2.45, 2.75) is 26.2 Å². The molecule has 110 valence electrons. The molecule has 3 nitrogen and oxygen atoms in total. The van der Waals surface area contributed by atoms with E-state index in [0.29, 0.717) is 5.75 Å². The first-order valence-corrected chi connectivity index (χ1v) is 7.07. The van der Waals surface area contributed by atoms with E-state index in [2.05, 4.69) is 12.1 Å². The number of carbonyl (C=O) groups is 1. The first kappa shape index (κ1) is 15.1. The lowest BCUT2D eigenvalue weighted by molar-refractivity contribution is -0.131. The normalized spacial score (nSPS) is 10.2. The largest absolute Gasteiger partial charge is 0.497 e.